The van der Waals surface area contributed by atoms with Crippen LogP contribution in [0.25, 0.3) is 0 Å². The highest BCUT2D eigenvalue weighted by Crippen LogP contribution is 2.14. The van der Waals surface area contributed by atoms with Crippen molar-refractivity contribution in [2.45, 2.75) is 25.8 Å². The van der Waals surface area contributed by atoms with Gasteiger partial charge in [0.15, 0.2) is 0 Å². The lowest BCUT2D eigenvalue weighted by Crippen LogP contribution is -2.53. The van der Waals surface area contributed by atoms with E-state index in [-0.39, 0.29) is 5.54 Å². The monoisotopic (exact) mass is 159 g/mol. The standard InChI is InChI=1S/C7H17N3O/c1-4-7(2,5-8)10(3)6(9)11/h4-5,8H2,1-3H3,(H2,9,11). The highest BCUT2D eigenvalue weighted by atomic mass is 16.2. The molecular formula is C7H17N3O. The van der Waals surface area contributed by atoms with Gasteiger partial charge in [-0.3, -0.25) is 0 Å². The summed E-state index contributed by atoms with van der Waals surface area (Å²) in [4.78, 5) is 12.2. The van der Waals surface area contributed by atoms with E-state index in [9.17, 15) is 4.79 Å². The summed E-state index contributed by atoms with van der Waals surface area (Å²) in [5, 5.41) is 0. The first-order valence-electron chi connectivity index (χ1n) is 3.71. The first-order chi connectivity index (χ1) is 4.98. The Morgan fingerprint density at radius 2 is 2.09 bits per heavy atom. The molecule has 0 aromatic heterocycles. The Kier molecular flexibility index (Phi) is 3.32. The maximum Gasteiger partial charge on any atom is 0.315 e. The summed E-state index contributed by atoms with van der Waals surface area (Å²) in [5.41, 5.74) is 10.3. The Hall–Kier alpha value is -0.770. The lowest BCUT2D eigenvalue weighted by atomic mass is 9.98. The maximum atomic E-state index is 10.8. The van der Waals surface area contributed by atoms with E-state index in [4.69, 9.17) is 11.5 Å². The summed E-state index contributed by atoms with van der Waals surface area (Å²) in [7, 11) is 1.67. The van der Waals surface area contributed by atoms with Gasteiger partial charge in [0.2, 0.25) is 0 Å². The average molecular weight is 159 g/mol. The van der Waals surface area contributed by atoms with Gasteiger partial charge in [-0.1, -0.05) is 6.92 Å². The average Bonchev–Trinajstić information content (AvgIpc) is 2.01. The Bertz CT molecular complexity index is 143. The van der Waals surface area contributed by atoms with E-state index in [1.165, 1.54) is 4.90 Å². The fraction of sp³-hybridized carbons (Fsp3) is 0.857. The molecule has 0 spiro atoms. The minimum Gasteiger partial charge on any atom is -0.351 e. The first kappa shape index (κ1) is 10.2. The quantitative estimate of drug-likeness (QED) is 0.614. The van der Waals surface area contributed by atoms with Crippen molar-refractivity contribution in [1.82, 2.24) is 4.90 Å². The van der Waals surface area contributed by atoms with Crippen molar-refractivity contribution in [1.29, 1.82) is 0 Å². The third-order valence-electron chi connectivity index (χ3n) is 2.34. The van der Waals surface area contributed by atoms with Crippen LogP contribution in [-0.2, 0) is 0 Å². The van der Waals surface area contributed by atoms with Crippen LogP contribution in [0.3, 0.4) is 0 Å². The molecule has 66 valence electrons. The van der Waals surface area contributed by atoms with Crippen LogP contribution in [0.2, 0.25) is 0 Å². The summed E-state index contributed by atoms with van der Waals surface area (Å²) in [5.74, 6) is 0. The smallest absolute Gasteiger partial charge is 0.315 e. The second-order valence-corrected chi connectivity index (χ2v) is 2.95. The van der Waals surface area contributed by atoms with Crippen molar-refractivity contribution < 1.29 is 4.79 Å². The van der Waals surface area contributed by atoms with Crippen LogP contribution in [0.1, 0.15) is 20.3 Å². The summed E-state index contributed by atoms with van der Waals surface area (Å²) in [6, 6.07) is -0.431. The Morgan fingerprint density at radius 1 is 1.64 bits per heavy atom. The van der Waals surface area contributed by atoms with E-state index in [0.717, 1.165) is 6.42 Å². The number of carbonyl (C=O) groups excluding carboxylic acids is 1. The van der Waals surface area contributed by atoms with E-state index in [1.54, 1.807) is 7.05 Å². The van der Waals surface area contributed by atoms with Gasteiger partial charge >= 0.3 is 6.03 Å². The molecule has 1 unspecified atom stereocenters. The molecule has 4 nitrogen and oxygen atoms in total. The molecule has 0 saturated carbocycles. The fourth-order valence-electron chi connectivity index (χ4n) is 0.784. The second-order valence-electron chi connectivity index (χ2n) is 2.95. The van der Waals surface area contributed by atoms with Gasteiger partial charge in [0.1, 0.15) is 0 Å². The number of hydrogen-bond acceptors (Lipinski definition) is 2. The normalized spacial score (nSPS) is 15.6. The van der Waals surface area contributed by atoms with Gasteiger partial charge in [-0.25, -0.2) is 4.79 Å². The SMILES string of the molecule is CCC(C)(CN)N(C)C(N)=O. The molecule has 11 heavy (non-hydrogen) atoms. The van der Waals surface area contributed by atoms with E-state index < -0.39 is 6.03 Å². The third-order valence-corrected chi connectivity index (χ3v) is 2.34. The minimum absolute atomic E-state index is 0.300. The highest BCUT2D eigenvalue weighted by molar-refractivity contribution is 5.72. The molecule has 0 bridgehead atoms. The number of nitrogens with two attached hydrogens (primary N) is 2. The second kappa shape index (κ2) is 3.57. The third kappa shape index (κ3) is 2.08. The number of nitrogens with zero attached hydrogens (tertiary/aromatic N) is 1. The highest BCUT2D eigenvalue weighted by Gasteiger charge is 2.27. The molecule has 4 N–H and O–H groups in total. The van der Waals surface area contributed by atoms with Crippen LogP contribution in [-0.4, -0.2) is 30.1 Å². The van der Waals surface area contributed by atoms with Gasteiger partial charge in [0.25, 0.3) is 0 Å². The van der Waals surface area contributed by atoms with E-state index in [1.807, 2.05) is 13.8 Å². The topological polar surface area (TPSA) is 72.3 Å². The largest absolute Gasteiger partial charge is 0.351 e. The van der Waals surface area contributed by atoms with Crippen molar-refractivity contribution in [2.75, 3.05) is 13.6 Å². The van der Waals surface area contributed by atoms with Crippen molar-refractivity contribution in [3.8, 4) is 0 Å². The number of urea groups is 1. The number of primary amides is 1. The molecule has 4 heteroatoms. The van der Waals surface area contributed by atoms with Crippen molar-refractivity contribution >= 4 is 6.03 Å². The van der Waals surface area contributed by atoms with Crippen molar-refractivity contribution in [2.24, 2.45) is 11.5 Å². The predicted molar refractivity (Wildman–Crippen MR) is 45.1 cm³/mol. The molecule has 0 saturated heterocycles. The van der Waals surface area contributed by atoms with Crippen LogP contribution < -0.4 is 11.5 Å². The zero-order valence-electron chi connectivity index (χ0n) is 7.42. The first-order valence-corrected chi connectivity index (χ1v) is 3.71. The van der Waals surface area contributed by atoms with Gasteiger partial charge < -0.3 is 16.4 Å². The summed E-state index contributed by atoms with van der Waals surface area (Å²) >= 11 is 0. The molecular weight excluding hydrogens is 142 g/mol. The Balaban J connectivity index is 4.36. The van der Waals surface area contributed by atoms with Gasteiger partial charge in [-0.15, -0.1) is 0 Å². The lowest BCUT2D eigenvalue weighted by molar-refractivity contribution is 0.154. The van der Waals surface area contributed by atoms with Crippen LogP contribution in [0.4, 0.5) is 4.79 Å². The van der Waals surface area contributed by atoms with E-state index in [0.29, 0.717) is 6.54 Å². The minimum atomic E-state index is -0.431. The molecule has 0 radical (unpaired) electrons. The van der Waals surface area contributed by atoms with Crippen molar-refractivity contribution in [3.05, 3.63) is 0 Å². The summed E-state index contributed by atoms with van der Waals surface area (Å²) < 4.78 is 0. The lowest BCUT2D eigenvalue weighted by Gasteiger charge is -2.35. The molecule has 0 fully saturated rings. The molecule has 0 rings (SSSR count). The number of hydrogen-bond donors (Lipinski definition) is 2. The molecule has 0 heterocycles. The summed E-state index contributed by atoms with van der Waals surface area (Å²) in [6.45, 7) is 4.33. The summed E-state index contributed by atoms with van der Waals surface area (Å²) in [6.07, 6.45) is 0.808. The van der Waals surface area contributed by atoms with Crippen LogP contribution >= 0.6 is 0 Å². The number of likely N-dealkylation sites (N-methyl/N-ethyl adjacent to an activating group) is 1. The predicted octanol–water partition coefficient (Wildman–Crippen LogP) is 0.124. The Morgan fingerprint density at radius 3 is 2.18 bits per heavy atom. The molecule has 0 aliphatic carbocycles. The maximum absolute atomic E-state index is 10.8. The molecule has 0 aromatic carbocycles. The zero-order chi connectivity index (χ0) is 9.07. The molecule has 0 aromatic rings. The van der Waals surface area contributed by atoms with E-state index >= 15 is 0 Å². The number of carbonyl (C=O) groups is 1. The molecule has 0 aliphatic rings. The van der Waals surface area contributed by atoms with Gasteiger partial charge in [-0.05, 0) is 13.3 Å². The fourth-order valence-corrected chi connectivity index (χ4v) is 0.784. The van der Waals surface area contributed by atoms with Crippen LogP contribution in [0, 0.1) is 0 Å². The van der Waals surface area contributed by atoms with Gasteiger partial charge in [-0.2, -0.15) is 0 Å². The van der Waals surface area contributed by atoms with Crippen molar-refractivity contribution in [3.63, 3.8) is 0 Å². The molecule has 0 aliphatic heterocycles. The van der Waals surface area contributed by atoms with Crippen LogP contribution in [0.15, 0.2) is 0 Å². The Labute approximate surface area is 67.5 Å². The van der Waals surface area contributed by atoms with Gasteiger partial charge in [0.05, 0.1) is 5.54 Å². The van der Waals surface area contributed by atoms with Crippen LogP contribution in [0.5, 0.6) is 0 Å². The zero-order valence-corrected chi connectivity index (χ0v) is 7.42. The number of amides is 2. The van der Waals surface area contributed by atoms with Gasteiger partial charge in [0, 0.05) is 13.6 Å². The molecule has 2 amide bonds. The number of rotatable bonds is 3. The molecule has 1 atom stereocenters. The van der Waals surface area contributed by atoms with E-state index in [2.05, 4.69) is 0 Å².